The second-order valence-electron chi connectivity index (χ2n) is 7.18. The van der Waals surface area contributed by atoms with Gasteiger partial charge in [-0.15, -0.1) is 0 Å². The van der Waals surface area contributed by atoms with Crippen molar-refractivity contribution >= 4 is 46.2 Å². The van der Waals surface area contributed by atoms with Crippen LogP contribution in [0.25, 0.3) is 0 Å². The third-order valence-corrected chi connectivity index (χ3v) is 5.67. The van der Waals surface area contributed by atoms with Gasteiger partial charge in [0.25, 0.3) is 11.6 Å². The van der Waals surface area contributed by atoms with E-state index in [2.05, 4.69) is 5.32 Å². The molecule has 1 saturated heterocycles. The quantitative estimate of drug-likeness (QED) is 0.393. The Morgan fingerprint density at radius 2 is 1.81 bits per heavy atom. The smallest absolute Gasteiger partial charge is 0.362 e. The maximum absolute atomic E-state index is 12.9. The highest BCUT2D eigenvalue weighted by Crippen LogP contribution is 2.36. The molecule has 0 aromatic heterocycles. The Morgan fingerprint density at radius 1 is 1.16 bits per heavy atom. The number of benzene rings is 2. The maximum atomic E-state index is 12.9. The molecule has 0 saturated carbocycles. The van der Waals surface area contributed by atoms with Gasteiger partial charge < -0.3 is 9.80 Å². The molecule has 1 heterocycles. The summed E-state index contributed by atoms with van der Waals surface area (Å²) >= 11 is 11.4. The molecule has 0 spiro atoms. The number of nitrogens with zero attached hydrogens (tertiary/aromatic N) is 3. The molecule has 32 heavy (non-hydrogen) atoms. The zero-order chi connectivity index (χ0) is 23.6. The van der Waals surface area contributed by atoms with Crippen molar-refractivity contribution in [3.8, 4) is 0 Å². The fourth-order valence-corrected chi connectivity index (χ4v) is 3.91. The van der Waals surface area contributed by atoms with Crippen LogP contribution >= 0.6 is 23.8 Å². The average molecular weight is 487 g/mol. The first kappa shape index (κ1) is 23.7. The minimum atomic E-state index is -4.67. The second-order valence-corrected chi connectivity index (χ2v) is 7.97. The topological polar surface area (TPSA) is 78.7 Å². The molecule has 0 atom stereocenters. The number of nitro groups is 1. The molecule has 12 heteroatoms. The summed E-state index contributed by atoms with van der Waals surface area (Å²) in [4.78, 5) is 26.3. The van der Waals surface area contributed by atoms with E-state index >= 15 is 0 Å². The molecule has 7 nitrogen and oxygen atoms in total. The predicted molar refractivity (Wildman–Crippen MR) is 118 cm³/mol. The number of hydrogen-bond acceptors (Lipinski definition) is 5. The van der Waals surface area contributed by atoms with E-state index in [0.717, 1.165) is 17.7 Å². The minimum Gasteiger partial charge on any atom is -0.362 e. The van der Waals surface area contributed by atoms with Gasteiger partial charge in [-0.2, -0.15) is 13.2 Å². The van der Waals surface area contributed by atoms with Crippen molar-refractivity contribution in [2.45, 2.75) is 13.1 Å². The number of thiocarbonyl (C=S) groups is 1. The van der Waals surface area contributed by atoms with Crippen molar-refractivity contribution in [3.63, 3.8) is 0 Å². The Morgan fingerprint density at radius 3 is 2.38 bits per heavy atom. The Bertz CT molecular complexity index is 1070. The molecule has 170 valence electrons. The number of halogens is 4. The number of anilines is 1. The molecule has 0 bridgehead atoms. The first-order valence-electron chi connectivity index (χ1n) is 9.44. The Kier molecular flexibility index (Phi) is 6.89. The summed E-state index contributed by atoms with van der Waals surface area (Å²) in [6, 6.07) is 7.48. The Hall–Kier alpha value is -2.92. The first-order chi connectivity index (χ1) is 15.0. The van der Waals surface area contributed by atoms with Crippen LogP contribution in [0.5, 0.6) is 0 Å². The number of carbonyl (C=O) groups excluding carboxylic acids is 1. The number of carbonyl (C=O) groups is 1. The van der Waals surface area contributed by atoms with E-state index in [0.29, 0.717) is 24.2 Å². The number of rotatable bonds is 3. The van der Waals surface area contributed by atoms with E-state index < -0.39 is 28.3 Å². The van der Waals surface area contributed by atoms with Gasteiger partial charge in [-0.1, -0.05) is 17.7 Å². The lowest BCUT2D eigenvalue weighted by Crippen LogP contribution is -2.52. The van der Waals surface area contributed by atoms with Gasteiger partial charge in [-0.3, -0.25) is 20.2 Å². The van der Waals surface area contributed by atoms with E-state index in [4.69, 9.17) is 23.8 Å². The lowest BCUT2D eigenvalue weighted by Gasteiger charge is -2.37. The largest absolute Gasteiger partial charge is 0.416 e. The van der Waals surface area contributed by atoms with Gasteiger partial charge in [0.2, 0.25) is 0 Å². The van der Waals surface area contributed by atoms with Gasteiger partial charge in [0.1, 0.15) is 5.69 Å². The van der Waals surface area contributed by atoms with Crippen LogP contribution in [0.4, 0.5) is 24.5 Å². The lowest BCUT2D eigenvalue weighted by molar-refractivity contribution is -0.384. The van der Waals surface area contributed by atoms with Gasteiger partial charge in [-0.05, 0) is 49.0 Å². The van der Waals surface area contributed by atoms with Gasteiger partial charge >= 0.3 is 6.18 Å². The van der Waals surface area contributed by atoms with Crippen LogP contribution in [0.1, 0.15) is 21.5 Å². The highest BCUT2D eigenvalue weighted by Gasteiger charge is 2.34. The summed E-state index contributed by atoms with van der Waals surface area (Å²) in [6.07, 6.45) is -4.67. The molecule has 1 aliphatic heterocycles. The van der Waals surface area contributed by atoms with Gasteiger partial charge in [0.15, 0.2) is 5.11 Å². The standard InChI is InChI=1S/C20H18ClF3N4O3S/c1-12-2-4-14(15(21)10-12)18(29)25-19(32)27-8-6-26(7-9-27)16-5-3-13(20(22,23)24)11-17(16)28(30)31/h2-5,10-11H,6-9H2,1H3,(H,25,29,32). The van der Waals surface area contributed by atoms with Crippen LogP contribution in [0, 0.1) is 17.0 Å². The molecule has 3 rings (SSSR count). The molecular formula is C20H18ClF3N4O3S. The van der Waals surface area contributed by atoms with Crippen LogP contribution < -0.4 is 10.2 Å². The lowest BCUT2D eigenvalue weighted by atomic mass is 10.1. The second kappa shape index (κ2) is 9.29. The number of nitrogens with one attached hydrogen (secondary N) is 1. The normalized spacial score (nSPS) is 14.3. The van der Waals surface area contributed by atoms with Crippen molar-refractivity contribution < 1.29 is 22.9 Å². The summed E-state index contributed by atoms with van der Waals surface area (Å²) < 4.78 is 38.8. The van der Waals surface area contributed by atoms with E-state index in [-0.39, 0.29) is 29.5 Å². The molecule has 1 fully saturated rings. The SMILES string of the molecule is Cc1ccc(C(=O)NC(=S)N2CCN(c3ccc(C(F)(F)F)cc3[N+](=O)[O-])CC2)c(Cl)c1. The Labute approximate surface area is 191 Å². The zero-order valence-corrected chi connectivity index (χ0v) is 18.4. The van der Waals surface area contributed by atoms with Crippen molar-refractivity contribution in [2.75, 3.05) is 31.1 Å². The molecule has 1 N–H and O–H groups in total. The van der Waals surface area contributed by atoms with Crippen LogP contribution in [-0.2, 0) is 6.18 Å². The van der Waals surface area contributed by atoms with Crippen LogP contribution in [0.15, 0.2) is 36.4 Å². The van der Waals surface area contributed by atoms with E-state index in [1.807, 2.05) is 6.92 Å². The minimum absolute atomic E-state index is 0.101. The predicted octanol–water partition coefficient (Wildman–Crippen LogP) is 4.41. The summed E-state index contributed by atoms with van der Waals surface area (Å²) in [5.41, 5.74) is -0.409. The van der Waals surface area contributed by atoms with E-state index in [9.17, 15) is 28.1 Å². The van der Waals surface area contributed by atoms with Gasteiger partial charge in [-0.25, -0.2) is 0 Å². The van der Waals surface area contributed by atoms with E-state index in [1.165, 1.54) is 0 Å². The van der Waals surface area contributed by atoms with Crippen LogP contribution in [-0.4, -0.2) is 47.0 Å². The van der Waals surface area contributed by atoms with Gasteiger partial charge in [0.05, 0.1) is 21.1 Å². The van der Waals surface area contributed by atoms with Crippen LogP contribution in [0.3, 0.4) is 0 Å². The highest BCUT2D eigenvalue weighted by molar-refractivity contribution is 7.80. The summed E-state index contributed by atoms with van der Waals surface area (Å²) in [7, 11) is 0. The number of nitro benzene ring substituents is 1. The third-order valence-electron chi connectivity index (χ3n) is 5.00. The maximum Gasteiger partial charge on any atom is 0.416 e. The van der Waals surface area contributed by atoms with Crippen LogP contribution in [0.2, 0.25) is 5.02 Å². The molecule has 0 radical (unpaired) electrons. The van der Waals surface area contributed by atoms with Crippen molar-refractivity contribution in [1.29, 1.82) is 0 Å². The molecular weight excluding hydrogens is 469 g/mol. The summed E-state index contributed by atoms with van der Waals surface area (Å²) in [5, 5.41) is 14.4. The number of amides is 1. The van der Waals surface area contributed by atoms with E-state index in [1.54, 1.807) is 28.0 Å². The number of alkyl halides is 3. The molecule has 1 aliphatic rings. The van der Waals surface area contributed by atoms with Crippen molar-refractivity contribution in [1.82, 2.24) is 10.2 Å². The highest BCUT2D eigenvalue weighted by atomic mass is 35.5. The van der Waals surface area contributed by atoms with Crippen molar-refractivity contribution in [3.05, 3.63) is 68.2 Å². The van der Waals surface area contributed by atoms with Crippen molar-refractivity contribution in [2.24, 2.45) is 0 Å². The fraction of sp³-hybridized carbons (Fsp3) is 0.300. The monoisotopic (exact) mass is 486 g/mol. The molecule has 1 amide bonds. The summed E-state index contributed by atoms with van der Waals surface area (Å²) in [6.45, 7) is 3.03. The Balaban J connectivity index is 1.66. The average Bonchev–Trinajstić information content (AvgIpc) is 2.72. The third kappa shape index (κ3) is 5.28. The molecule has 0 unspecified atom stereocenters. The van der Waals surface area contributed by atoms with Gasteiger partial charge in [0, 0.05) is 32.2 Å². The zero-order valence-electron chi connectivity index (χ0n) is 16.8. The summed E-state index contributed by atoms with van der Waals surface area (Å²) in [5.74, 6) is -0.458. The molecule has 0 aliphatic carbocycles. The first-order valence-corrected chi connectivity index (χ1v) is 10.2. The number of piperazine rings is 1. The molecule has 2 aromatic rings. The molecule has 2 aromatic carbocycles. The fourth-order valence-electron chi connectivity index (χ4n) is 3.31. The number of aryl methyl sites for hydroxylation is 1. The number of hydrogen-bond donors (Lipinski definition) is 1.